The number of amides is 3. The SMILES string of the molecule is Cc1ccc(C)c(N2CCN(c3cc(O)c(C(=O)NCCCN4CCCC4=O)cc3NC(=O)c3coc(C4CC4)n3)CC2)c1. The lowest BCUT2D eigenvalue weighted by molar-refractivity contribution is -0.127. The summed E-state index contributed by atoms with van der Waals surface area (Å²) in [7, 11) is 0. The molecule has 2 saturated heterocycles. The molecule has 1 saturated carbocycles. The molecule has 3 aliphatic rings. The number of aryl methyl sites for hydroxylation is 2. The zero-order valence-corrected chi connectivity index (χ0v) is 25.4. The molecule has 0 bridgehead atoms. The van der Waals surface area contributed by atoms with Crippen molar-refractivity contribution in [1.82, 2.24) is 15.2 Å². The molecule has 3 heterocycles. The fourth-order valence-electron chi connectivity index (χ4n) is 5.97. The Hall–Kier alpha value is -4.54. The van der Waals surface area contributed by atoms with Crippen LogP contribution in [-0.2, 0) is 4.79 Å². The van der Waals surface area contributed by atoms with E-state index in [1.165, 1.54) is 29.1 Å². The maximum absolute atomic E-state index is 13.3. The summed E-state index contributed by atoms with van der Waals surface area (Å²) in [4.78, 5) is 49.0. The Bertz CT molecular complexity index is 1560. The van der Waals surface area contributed by atoms with Gasteiger partial charge in [0.1, 0.15) is 12.0 Å². The topological polar surface area (TPSA) is 131 Å². The predicted octanol–water partition coefficient (Wildman–Crippen LogP) is 4.20. The number of carbonyl (C=O) groups is 3. The van der Waals surface area contributed by atoms with E-state index in [9.17, 15) is 19.5 Å². The molecule has 1 aliphatic carbocycles. The van der Waals surface area contributed by atoms with E-state index in [1.54, 1.807) is 6.07 Å². The third-order valence-electron chi connectivity index (χ3n) is 8.68. The van der Waals surface area contributed by atoms with Crippen molar-refractivity contribution in [3.8, 4) is 5.75 Å². The van der Waals surface area contributed by atoms with Gasteiger partial charge in [-0.1, -0.05) is 12.1 Å². The summed E-state index contributed by atoms with van der Waals surface area (Å²) in [6.45, 7) is 8.73. The summed E-state index contributed by atoms with van der Waals surface area (Å²) in [5.74, 6) is -0.0686. The molecule has 44 heavy (non-hydrogen) atoms. The molecule has 11 nitrogen and oxygen atoms in total. The number of hydrogen-bond donors (Lipinski definition) is 3. The molecule has 3 amide bonds. The van der Waals surface area contributed by atoms with Gasteiger partial charge >= 0.3 is 0 Å². The minimum absolute atomic E-state index is 0.0640. The quantitative estimate of drug-likeness (QED) is 0.233. The summed E-state index contributed by atoms with van der Waals surface area (Å²) in [6.07, 6.45) is 5.44. The van der Waals surface area contributed by atoms with Gasteiger partial charge in [0, 0.05) is 69.9 Å². The predicted molar refractivity (Wildman–Crippen MR) is 168 cm³/mol. The number of nitrogens with one attached hydrogen (secondary N) is 2. The smallest absolute Gasteiger partial charge is 0.277 e. The Kier molecular flexibility index (Phi) is 8.45. The Morgan fingerprint density at radius 3 is 2.45 bits per heavy atom. The van der Waals surface area contributed by atoms with Gasteiger partial charge in [-0.15, -0.1) is 0 Å². The normalized spacial score (nSPS) is 16.9. The lowest BCUT2D eigenvalue weighted by Gasteiger charge is -2.39. The highest BCUT2D eigenvalue weighted by Gasteiger charge is 2.30. The van der Waals surface area contributed by atoms with Gasteiger partial charge in [0.2, 0.25) is 5.91 Å². The van der Waals surface area contributed by atoms with Gasteiger partial charge in [-0.25, -0.2) is 4.98 Å². The van der Waals surface area contributed by atoms with E-state index < -0.39 is 11.8 Å². The van der Waals surface area contributed by atoms with Crippen LogP contribution >= 0.6 is 0 Å². The third kappa shape index (κ3) is 6.51. The number of rotatable bonds is 10. The first-order valence-corrected chi connectivity index (χ1v) is 15.5. The van der Waals surface area contributed by atoms with Crippen LogP contribution in [-0.4, -0.2) is 78.5 Å². The van der Waals surface area contributed by atoms with Crippen molar-refractivity contribution in [3.05, 3.63) is 64.9 Å². The zero-order chi connectivity index (χ0) is 30.8. The van der Waals surface area contributed by atoms with Crippen molar-refractivity contribution < 1.29 is 23.9 Å². The monoisotopic (exact) mass is 600 g/mol. The summed E-state index contributed by atoms with van der Waals surface area (Å²) >= 11 is 0. The van der Waals surface area contributed by atoms with E-state index >= 15 is 0 Å². The molecule has 0 unspecified atom stereocenters. The van der Waals surface area contributed by atoms with Crippen LogP contribution in [0.25, 0.3) is 0 Å². The zero-order valence-electron chi connectivity index (χ0n) is 25.4. The van der Waals surface area contributed by atoms with Gasteiger partial charge in [0.15, 0.2) is 11.6 Å². The number of hydrogen-bond acceptors (Lipinski definition) is 8. The molecule has 2 aromatic carbocycles. The number of benzene rings is 2. The number of phenols is 1. The summed E-state index contributed by atoms with van der Waals surface area (Å²) in [6, 6.07) is 9.53. The van der Waals surface area contributed by atoms with Crippen LogP contribution in [0.3, 0.4) is 0 Å². The van der Waals surface area contributed by atoms with Crippen LogP contribution in [0.2, 0.25) is 0 Å². The largest absolute Gasteiger partial charge is 0.507 e. The Morgan fingerprint density at radius 2 is 1.75 bits per heavy atom. The van der Waals surface area contributed by atoms with Crippen molar-refractivity contribution in [1.29, 1.82) is 0 Å². The number of aromatic nitrogens is 1. The third-order valence-corrected chi connectivity index (χ3v) is 8.68. The lowest BCUT2D eigenvalue weighted by Crippen LogP contribution is -2.47. The Balaban J connectivity index is 1.19. The first-order valence-electron chi connectivity index (χ1n) is 15.5. The highest BCUT2D eigenvalue weighted by Crippen LogP contribution is 2.39. The first-order chi connectivity index (χ1) is 21.3. The number of oxazole rings is 1. The second-order valence-electron chi connectivity index (χ2n) is 12.0. The van der Waals surface area contributed by atoms with Crippen molar-refractivity contribution in [2.24, 2.45) is 0 Å². The Labute approximate surface area is 257 Å². The molecule has 3 aromatic rings. The van der Waals surface area contributed by atoms with Crippen molar-refractivity contribution in [3.63, 3.8) is 0 Å². The summed E-state index contributed by atoms with van der Waals surface area (Å²) in [5, 5.41) is 16.8. The highest BCUT2D eigenvalue weighted by atomic mass is 16.3. The van der Waals surface area contributed by atoms with E-state index in [2.05, 4.69) is 57.5 Å². The van der Waals surface area contributed by atoms with Gasteiger partial charge in [-0.2, -0.15) is 0 Å². The second-order valence-corrected chi connectivity index (χ2v) is 12.0. The maximum atomic E-state index is 13.3. The average molecular weight is 601 g/mol. The van der Waals surface area contributed by atoms with Crippen LogP contribution in [0.1, 0.15) is 75.9 Å². The van der Waals surface area contributed by atoms with Crippen LogP contribution < -0.4 is 20.4 Å². The molecule has 1 aromatic heterocycles. The molecule has 0 spiro atoms. The molecule has 3 N–H and O–H groups in total. The number of nitrogens with zero attached hydrogens (tertiary/aromatic N) is 4. The standard InChI is InChI=1S/C33H40N6O5/c1-21-6-7-22(2)27(17-21)37-13-15-38(16-14-37)28-19-29(40)24(31(42)34-10-4-12-39-11-3-5-30(39)41)18-25(28)35-32(43)26-20-44-33(36-26)23-8-9-23/h6-7,17-20,23,40H,3-5,8-16H2,1-2H3,(H,34,42)(H,35,43). The number of phenolic OH excluding ortho intramolecular Hbond substituents is 1. The van der Waals surface area contributed by atoms with Crippen molar-refractivity contribution in [2.45, 2.75) is 51.9 Å². The molecule has 6 rings (SSSR count). The lowest BCUT2D eigenvalue weighted by atomic mass is 10.1. The number of likely N-dealkylation sites (tertiary alicyclic amines) is 1. The molecule has 232 valence electrons. The number of aromatic hydroxyl groups is 1. The fraction of sp³-hybridized carbons (Fsp3) is 0.455. The fourth-order valence-corrected chi connectivity index (χ4v) is 5.97. The maximum Gasteiger partial charge on any atom is 0.277 e. The molecule has 2 aliphatic heterocycles. The molecule has 0 atom stereocenters. The number of anilines is 3. The second kappa shape index (κ2) is 12.6. The van der Waals surface area contributed by atoms with Gasteiger partial charge in [-0.05, 0) is 62.8 Å². The summed E-state index contributed by atoms with van der Waals surface area (Å²) < 4.78 is 5.53. The number of carbonyl (C=O) groups excluding carboxylic acids is 3. The van der Waals surface area contributed by atoms with E-state index in [-0.39, 0.29) is 28.8 Å². The number of piperazine rings is 1. The van der Waals surface area contributed by atoms with E-state index in [4.69, 9.17) is 4.42 Å². The van der Waals surface area contributed by atoms with Crippen LogP contribution in [0.4, 0.5) is 17.1 Å². The van der Waals surface area contributed by atoms with Crippen LogP contribution in [0.15, 0.2) is 41.0 Å². The van der Waals surface area contributed by atoms with Crippen molar-refractivity contribution >= 4 is 34.8 Å². The molecular weight excluding hydrogens is 560 g/mol. The highest BCUT2D eigenvalue weighted by molar-refractivity contribution is 6.07. The Morgan fingerprint density at radius 1 is 1.00 bits per heavy atom. The van der Waals surface area contributed by atoms with E-state index in [0.717, 1.165) is 38.9 Å². The molecule has 0 radical (unpaired) electrons. The van der Waals surface area contributed by atoms with Gasteiger partial charge in [0.05, 0.1) is 16.9 Å². The molecule has 11 heteroatoms. The van der Waals surface area contributed by atoms with Crippen molar-refractivity contribution in [2.75, 3.05) is 60.9 Å². The van der Waals surface area contributed by atoms with E-state index in [0.29, 0.717) is 56.3 Å². The van der Waals surface area contributed by atoms with Gasteiger partial charge in [0.25, 0.3) is 11.8 Å². The van der Waals surface area contributed by atoms with Crippen LogP contribution in [0, 0.1) is 13.8 Å². The molecule has 3 fully saturated rings. The first kappa shape index (κ1) is 29.5. The van der Waals surface area contributed by atoms with Crippen LogP contribution in [0.5, 0.6) is 5.75 Å². The minimum atomic E-state index is -0.450. The van der Waals surface area contributed by atoms with E-state index in [1.807, 2.05) is 4.90 Å². The van der Waals surface area contributed by atoms with Gasteiger partial charge < -0.3 is 34.9 Å². The average Bonchev–Trinajstić information content (AvgIpc) is 3.60. The molecular formula is C33H40N6O5. The van der Waals surface area contributed by atoms with Gasteiger partial charge in [-0.3, -0.25) is 14.4 Å². The minimum Gasteiger partial charge on any atom is -0.507 e. The summed E-state index contributed by atoms with van der Waals surface area (Å²) in [5.41, 5.74) is 4.92.